The topological polar surface area (TPSA) is 62.6 Å². The molecule has 0 N–H and O–H groups in total. The summed E-state index contributed by atoms with van der Waals surface area (Å²) in [6.45, 7) is 1.28. The molecule has 1 aromatic heterocycles. The van der Waals surface area contributed by atoms with E-state index in [1.165, 1.54) is 10.6 Å². The van der Waals surface area contributed by atoms with Crippen LogP contribution in [0.2, 0.25) is 0 Å². The van der Waals surface area contributed by atoms with Gasteiger partial charge in [0.25, 0.3) is 5.56 Å². The van der Waals surface area contributed by atoms with Gasteiger partial charge in [-0.2, -0.15) is 0 Å². The Morgan fingerprint density at radius 2 is 1.71 bits per heavy atom. The van der Waals surface area contributed by atoms with Gasteiger partial charge in [-0.1, -0.05) is 36.4 Å². The maximum absolute atomic E-state index is 12.9. The second-order valence-corrected chi connectivity index (χ2v) is 7.84. The van der Waals surface area contributed by atoms with Gasteiger partial charge in [0.15, 0.2) is 0 Å². The van der Waals surface area contributed by atoms with E-state index in [0.29, 0.717) is 13.1 Å². The summed E-state index contributed by atoms with van der Waals surface area (Å²) >= 11 is 0. The summed E-state index contributed by atoms with van der Waals surface area (Å²) in [5.41, 5.74) is 0.715. The van der Waals surface area contributed by atoms with Gasteiger partial charge in [0.05, 0.1) is 5.92 Å². The van der Waals surface area contributed by atoms with Crippen LogP contribution >= 0.6 is 0 Å². The monoisotopic (exact) mass is 379 g/mol. The summed E-state index contributed by atoms with van der Waals surface area (Å²) in [6.07, 6.45) is 3.98. The Hall–Kier alpha value is -2.89. The number of rotatable bonds is 3. The SMILES string of the molecule is CN1C(=O)[C@H](c2ccccc2)CC12CCN(C(=O)Cn1ccccc1=O)CC2. The van der Waals surface area contributed by atoms with E-state index in [1.807, 2.05) is 47.2 Å². The minimum absolute atomic E-state index is 0.0465. The molecule has 0 unspecified atom stereocenters. The molecule has 4 rings (SSSR count). The number of carbonyl (C=O) groups is 2. The molecule has 0 aliphatic carbocycles. The third-order valence-corrected chi connectivity index (χ3v) is 6.38. The highest BCUT2D eigenvalue weighted by Crippen LogP contribution is 2.44. The minimum atomic E-state index is -0.183. The number of pyridine rings is 1. The lowest BCUT2D eigenvalue weighted by Crippen LogP contribution is -2.53. The fraction of sp³-hybridized carbons (Fsp3) is 0.409. The van der Waals surface area contributed by atoms with Crippen molar-refractivity contribution in [3.05, 3.63) is 70.6 Å². The van der Waals surface area contributed by atoms with Crippen molar-refractivity contribution in [2.24, 2.45) is 0 Å². The molecule has 0 radical (unpaired) electrons. The van der Waals surface area contributed by atoms with Crippen molar-refractivity contribution in [2.75, 3.05) is 20.1 Å². The number of aromatic nitrogens is 1. The van der Waals surface area contributed by atoms with Gasteiger partial charge in [-0.05, 0) is 30.9 Å². The Bertz CT molecular complexity index is 929. The maximum Gasteiger partial charge on any atom is 0.250 e. The number of piperidine rings is 1. The van der Waals surface area contributed by atoms with Gasteiger partial charge >= 0.3 is 0 Å². The molecule has 3 heterocycles. The zero-order valence-corrected chi connectivity index (χ0v) is 16.1. The highest BCUT2D eigenvalue weighted by molar-refractivity contribution is 5.87. The number of likely N-dealkylation sites (tertiary alicyclic amines) is 2. The van der Waals surface area contributed by atoms with E-state index >= 15 is 0 Å². The molecule has 0 bridgehead atoms. The first-order valence-electron chi connectivity index (χ1n) is 9.76. The second kappa shape index (κ2) is 7.26. The Morgan fingerprint density at radius 3 is 2.39 bits per heavy atom. The van der Waals surface area contributed by atoms with Crippen LogP contribution < -0.4 is 5.56 Å². The number of amides is 2. The number of hydrogen-bond acceptors (Lipinski definition) is 3. The lowest BCUT2D eigenvalue weighted by Gasteiger charge is -2.43. The lowest BCUT2D eigenvalue weighted by atomic mass is 9.81. The van der Waals surface area contributed by atoms with Crippen LogP contribution in [0.5, 0.6) is 0 Å². The molecule has 6 heteroatoms. The number of nitrogens with zero attached hydrogens (tertiary/aromatic N) is 3. The van der Waals surface area contributed by atoms with Crippen LogP contribution in [0.3, 0.4) is 0 Å². The molecule has 2 saturated heterocycles. The molecule has 2 aliphatic rings. The van der Waals surface area contributed by atoms with Crippen LogP contribution in [0.1, 0.15) is 30.7 Å². The largest absolute Gasteiger partial charge is 0.341 e. The van der Waals surface area contributed by atoms with Crippen molar-refractivity contribution in [1.82, 2.24) is 14.4 Å². The fourth-order valence-electron chi connectivity index (χ4n) is 4.57. The Labute approximate surface area is 164 Å². The zero-order chi connectivity index (χ0) is 19.7. The summed E-state index contributed by atoms with van der Waals surface area (Å²) in [5.74, 6) is 0.0212. The van der Waals surface area contributed by atoms with E-state index in [4.69, 9.17) is 0 Å². The molecule has 0 saturated carbocycles. The van der Waals surface area contributed by atoms with Crippen LogP contribution in [0, 0.1) is 0 Å². The van der Waals surface area contributed by atoms with Gasteiger partial charge in [0.1, 0.15) is 6.54 Å². The fourth-order valence-corrected chi connectivity index (χ4v) is 4.57. The summed E-state index contributed by atoms with van der Waals surface area (Å²) in [4.78, 5) is 41.1. The first kappa shape index (κ1) is 18.5. The average molecular weight is 379 g/mol. The predicted octanol–water partition coefficient (Wildman–Crippen LogP) is 1.86. The predicted molar refractivity (Wildman–Crippen MR) is 106 cm³/mol. The number of benzene rings is 1. The summed E-state index contributed by atoms with van der Waals surface area (Å²) in [6, 6.07) is 14.8. The molecule has 2 aromatic rings. The van der Waals surface area contributed by atoms with Crippen molar-refractivity contribution in [2.45, 2.75) is 37.3 Å². The van der Waals surface area contributed by atoms with E-state index in [1.54, 1.807) is 18.3 Å². The standard InChI is InChI=1S/C22H25N3O3/c1-23-21(28)18(17-7-3-2-4-8-17)15-22(23)10-13-24(14-11-22)20(27)16-25-12-6-5-9-19(25)26/h2-9,12,18H,10-11,13-16H2,1H3/t18-/m0/s1. The van der Waals surface area contributed by atoms with E-state index in [9.17, 15) is 14.4 Å². The molecule has 146 valence electrons. The van der Waals surface area contributed by atoms with Crippen LogP contribution in [0.15, 0.2) is 59.5 Å². The molecule has 6 nitrogen and oxygen atoms in total. The first-order valence-corrected chi connectivity index (χ1v) is 9.76. The molecule has 1 aromatic carbocycles. The highest BCUT2D eigenvalue weighted by Gasteiger charge is 2.50. The molecule has 2 aliphatic heterocycles. The van der Waals surface area contributed by atoms with Crippen LogP contribution in [0.4, 0.5) is 0 Å². The normalized spacial score (nSPS) is 21.3. The third kappa shape index (κ3) is 3.23. The van der Waals surface area contributed by atoms with Crippen molar-refractivity contribution in [3.63, 3.8) is 0 Å². The van der Waals surface area contributed by atoms with E-state index < -0.39 is 0 Å². The van der Waals surface area contributed by atoms with Gasteiger partial charge in [0.2, 0.25) is 11.8 Å². The van der Waals surface area contributed by atoms with Crippen molar-refractivity contribution < 1.29 is 9.59 Å². The Kier molecular flexibility index (Phi) is 4.79. The molecule has 2 fully saturated rings. The van der Waals surface area contributed by atoms with Crippen LogP contribution in [0.25, 0.3) is 0 Å². The molecular weight excluding hydrogens is 354 g/mol. The number of carbonyl (C=O) groups excluding carboxylic acids is 2. The van der Waals surface area contributed by atoms with Gasteiger partial charge in [0, 0.05) is 37.9 Å². The zero-order valence-electron chi connectivity index (χ0n) is 16.1. The molecule has 1 spiro atoms. The highest BCUT2D eigenvalue weighted by atomic mass is 16.2. The number of hydrogen-bond donors (Lipinski definition) is 0. The first-order chi connectivity index (χ1) is 13.5. The van der Waals surface area contributed by atoms with Crippen LogP contribution in [-0.4, -0.2) is 51.9 Å². The average Bonchev–Trinajstić information content (AvgIpc) is 2.96. The van der Waals surface area contributed by atoms with Gasteiger partial charge in [-0.3, -0.25) is 14.4 Å². The molecular formula is C22H25N3O3. The summed E-state index contributed by atoms with van der Waals surface area (Å²) in [5, 5.41) is 0. The van der Waals surface area contributed by atoms with Gasteiger partial charge in [-0.25, -0.2) is 0 Å². The number of likely N-dealkylation sites (N-methyl/N-ethyl adjacent to an activating group) is 1. The van der Waals surface area contributed by atoms with E-state index in [-0.39, 0.29) is 35.4 Å². The Balaban J connectivity index is 1.43. The van der Waals surface area contributed by atoms with Crippen molar-refractivity contribution in [3.8, 4) is 0 Å². The van der Waals surface area contributed by atoms with Crippen molar-refractivity contribution >= 4 is 11.8 Å². The summed E-state index contributed by atoms with van der Waals surface area (Å²) in [7, 11) is 1.90. The van der Waals surface area contributed by atoms with E-state index in [0.717, 1.165) is 24.8 Å². The Morgan fingerprint density at radius 1 is 1.04 bits per heavy atom. The third-order valence-electron chi connectivity index (χ3n) is 6.38. The molecule has 28 heavy (non-hydrogen) atoms. The van der Waals surface area contributed by atoms with Crippen molar-refractivity contribution in [1.29, 1.82) is 0 Å². The smallest absolute Gasteiger partial charge is 0.250 e. The lowest BCUT2D eigenvalue weighted by molar-refractivity contribution is -0.136. The molecule has 1 atom stereocenters. The van der Waals surface area contributed by atoms with Crippen LogP contribution in [-0.2, 0) is 16.1 Å². The quantitative estimate of drug-likeness (QED) is 0.818. The maximum atomic E-state index is 12.9. The molecule has 2 amide bonds. The minimum Gasteiger partial charge on any atom is -0.341 e. The van der Waals surface area contributed by atoms with Gasteiger partial charge in [-0.15, -0.1) is 0 Å². The van der Waals surface area contributed by atoms with E-state index in [2.05, 4.69) is 0 Å². The van der Waals surface area contributed by atoms with Gasteiger partial charge < -0.3 is 14.4 Å². The second-order valence-electron chi connectivity index (χ2n) is 7.84. The summed E-state index contributed by atoms with van der Waals surface area (Å²) < 4.78 is 1.43.